The molecule has 3 N–H and O–H groups in total. The second-order valence-electron chi connectivity index (χ2n) is 3.30. The number of aliphatic hydroxyl groups is 2. The third kappa shape index (κ3) is 4.03. The molecule has 1 aromatic rings. The predicted molar refractivity (Wildman–Crippen MR) is 50.1 cm³/mol. The molecule has 1 atom stereocenters. The highest BCUT2D eigenvalue weighted by Gasteiger charge is 2.07. The first kappa shape index (κ1) is 10.2. The van der Waals surface area contributed by atoms with Crippen LogP contribution in [0, 0.1) is 0 Å². The van der Waals surface area contributed by atoms with Gasteiger partial charge in [0.25, 0.3) is 0 Å². The second-order valence-corrected chi connectivity index (χ2v) is 3.30. The maximum atomic E-state index is 8.74. The van der Waals surface area contributed by atoms with Gasteiger partial charge in [0, 0.05) is 5.56 Å². The summed E-state index contributed by atoms with van der Waals surface area (Å²) >= 11 is 0. The van der Waals surface area contributed by atoms with Crippen molar-refractivity contribution in [3.8, 4) is 0 Å². The van der Waals surface area contributed by atoms with Crippen LogP contribution in [0.3, 0.4) is 0 Å². The van der Waals surface area contributed by atoms with E-state index in [-0.39, 0.29) is 0 Å². The Morgan fingerprint density at radius 2 is 1.85 bits per heavy atom. The number of aliphatic hydroxyl groups excluding tert-OH is 1. The number of benzene rings is 1. The molecule has 72 valence electrons. The van der Waals surface area contributed by atoms with Crippen molar-refractivity contribution in [2.45, 2.75) is 12.8 Å². The van der Waals surface area contributed by atoms with Gasteiger partial charge >= 0.3 is 0 Å². The molecule has 3 heteroatoms. The summed E-state index contributed by atoms with van der Waals surface area (Å²) in [4.78, 5) is 1.08. The highest BCUT2D eigenvalue weighted by Crippen LogP contribution is 1.94. The van der Waals surface area contributed by atoms with Crippen LogP contribution in [0.1, 0.15) is 5.56 Å². The molecule has 0 radical (unpaired) electrons. The third-order valence-electron chi connectivity index (χ3n) is 1.88. The van der Waals surface area contributed by atoms with E-state index >= 15 is 0 Å². The lowest BCUT2D eigenvalue weighted by atomic mass is 10.2. The van der Waals surface area contributed by atoms with Gasteiger partial charge in [-0.25, -0.2) is 0 Å². The Morgan fingerprint density at radius 1 is 1.23 bits per heavy atom. The molecule has 0 aliphatic carbocycles. The molecule has 0 bridgehead atoms. The lowest BCUT2D eigenvalue weighted by Crippen LogP contribution is -3.08. The molecule has 0 aliphatic rings. The summed E-state index contributed by atoms with van der Waals surface area (Å²) in [7, 11) is 1.94. The van der Waals surface area contributed by atoms with E-state index in [0.29, 0.717) is 6.54 Å². The number of quaternary nitrogens is 1. The highest BCUT2D eigenvalue weighted by molar-refractivity contribution is 5.13. The maximum Gasteiger partial charge on any atom is 0.202 e. The summed E-state index contributed by atoms with van der Waals surface area (Å²) in [6, 6.07) is 10.0. The van der Waals surface area contributed by atoms with Crippen molar-refractivity contribution in [2.24, 2.45) is 0 Å². The Morgan fingerprint density at radius 3 is 2.38 bits per heavy atom. The van der Waals surface area contributed by atoms with Gasteiger partial charge in [0.15, 0.2) is 0 Å². The topological polar surface area (TPSA) is 44.9 Å². The first-order valence-electron chi connectivity index (χ1n) is 4.40. The molecule has 0 aliphatic heterocycles. The van der Waals surface area contributed by atoms with E-state index in [0.717, 1.165) is 11.4 Å². The summed E-state index contributed by atoms with van der Waals surface area (Å²) in [6.07, 6.45) is -1.22. The summed E-state index contributed by atoms with van der Waals surface area (Å²) in [5, 5.41) is 17.5. The fraction of sp³-hybridized carbons (Fsp3) is 0.400. The van der Waals surface area contributed by atoms with Crippen molar-refractivity contribution in [3.63, 3.8) is 0 Å². The monoisotopic (exact) mass is 182 g/mol. The van der Waals surface area contributed by atoms with Crippen LogP contribution in [0.15, 0.2) is 30.3 Å². The third-order valence-corrected chi connectivity index (χ3v) is 1.88. The predicted octanol–water partition coefficient (Wildman–Crippen LogP) is -0.988. The summed E-state index contributed by atoms with van der Waals surface area (Å²) < 4.78 is 0. The maximum absolute atomic E-state index is 8.74. The molecule has 0 saturated heterocycles. The van der Waals surface area contributed by atoms with Gasteiger partial charge in [0.2, 0.25) is 6.29 Å². The summed E-state index contributed by atoms with van der Waals surface area (Å²) in [5.41, 5.74) is 1.21. The average Bonchev–Trinajstić information content (AvgIpc) is 2.04. The molecule has 1 rings (SSSR count). The van der Waals surface area contributed by atoms with E-state index in [1.807, 2.05) is 37.4 Å². The van der Waals surface area contributed by atoms with E-state index in [4.69, 9.17) is 10.2 Å². The lowest BCUT2D eigenvalue weighted by molar-refractivity contribution is -0.899. The van der Waals surface area contributed by atoms with Gasteiger partial charge in [-0.05, 0) is 0 Å². The SMILES string of the molecule is C[NH+](Cc1ccccc1)CC(O)O. The van der Waals surface area contributed by atoms with Crippen molar-refractivity contribution in [2.75, 3.05) is 13.6 Å². The largest absolute Gasteiger partial charge is 0.364 e. The van der Waals surface area contributed by atoms with Crippen LogP contribution in [0.2, 0.25) is 0 Å². The van der Waals surface area contributed by atoms with Crippen LogP contribution in [0.25, 0.3) is 0 Å². The Kier molecular flexibility index (Phi) is 3.89. The zero-order chi connectivity index (χ0) is 9.68. The number of likely N-dealkylation sites (N-methyl/N-ethyl adjacent to an activating group) is 1. The van der Waals surface area contributed by atoms with E-state index in [1.54, 1.807) is 0 Å². The van der Waals surface area contributed by atoms with Crippen molar-refractivity contribution in [1.29, 1.82) is 0 Å². The van der Waals surface area contributed by atoms with Gasteiger partial charge < -0.3 is 15.1 Å². The zero-order valence-electron chi connectivity index (χ0n) is 7.77. The van der Waals surface area contributed by atoms with E-state index in [1.165, 1.54) is 5.56 Å². The normalized spacial score (nSPS) is 13.2. The van der Waals surface area contributed by atoms with Crippen LogP contribution in [0.4, 0.5) is 0 Å². The highest BCUT2D eigenvalue weighted by atomic mass is 16.5. The minimum Gasteiger partial charge on any atom is -0.364 e. The fourth-order valence-corrected chi connectivity index (χ4v) is 1.33. The Balaban J connectivity index is 2.41. The Hall–Kier alpha value is -0.900. The second kappa shape index (κ2) is 4.97. The van der Waals surface area contributed by atoms with Crippen molar-refractivity contribution in [3.05, 3.63) is 35.9 Å². The minimum atomic E-state index is -1.22. The molecule has 3 nitrogen and oxygen atoms in total. The van der Waals surface area contributed by atoms with Crippen molar-refractivity contribution < 1.29 is 15.1 Å². The first-order valence-corrected chi connectivity index (χ1v) is 4.40. The first-order chi connectivity index (χ1) is 6.18. The Bertz CT molecular complexity index is 236. The molecular formula is C10H16NO2+. The summed E-state index contributed by atoms with van der Waals surface area (Å²) in [6.45, 7) is 1.17. The molecule has 1 unspecified atom stereocenters. The molecule has 13 heavy (non-hydrogen) atoms. The molecule has 0 amide bonds. The molecule has 0 fully saturated rings. The number of hydrogen-bond acceptors (Lipinski definition) is 2. The number of nitrogens with one attached hydrogen (secondary N) is 1. The van der Waals surface area contributed by atoms with E-state index in [2.05, 4.69) is 0 Å². The molecule has 1 aromatic carbocycles. The molecule has 0 heterocycles. The minimum absolute atomic E-state index is 0.356. The summed E-state index contributed by atoms with van der Waals surface area (Å²) in [5.74, 6) is 0. The van der Waals surface area contributed by atoms with Gasteiger partial charge in [-0.3, -0.25) is 0 Å². The van der Waals surface area contributed by atoms with Gasteiger partial charge in [-0.15, -0.1) is 0 Å². The van der Waals surface area contributed by atoms with Crippen LogP contribution < -0.4 is 4.90 Å². The van der Waals surface area contributed by atoms with Crippen LogP contribution in [0.5, 0.6) is 0 Å². The van der Waals surface area contributed by atoms with Gasteiger partial charge in [-0.1, -0.05) is 30.3 Å². The quantitative estimate of drug-likeness (QED) is 0.524. The smallest absolute Gasteiger partial charge is 0.202 e. The fourth-order valence-electron chi connectivity index (χ4n) is 1.33. The van der Waals surface area contributed by atoms with E-state index in [9.17, 15) is 0 Å². The van der Waals surface area contributed by atoms with Gasteiger partial charge in [0.05, 0.1) is 7.05 Å². The number of hydrogen-bond donors (Lipinski definition) is 3. The lowest BCUT2D eigenvalue weighted by Gasteiger charge is -2.14. The molecular weight excluding hydrogens is 166 g/mol. The zero-order valence-corrected chi connectivity index (χ0v) is 7.77. The van der Waals surface area contributed by atoms with Crippen LogP contribution >= 0.6 is 0 Å². The van der Waals surface area contributed by atoms with E-state index < -0.39 is 6.29 Å². The van der Waals surface area contributed by atoms with Gasteiger partial charge in [-0.2, -0.15) is 0 Å². The van der Waals surface area contributed by atoms with Crippen LogP contribution in [-0.4, -0.2) is 30.1 Å². The Labute approximate surface area is 78.2 Å². The average molecular weight is 182 g/mol. The standard InChI is InChI=1S/C10H15NO2/c1-11(8-10(12)13)7-9-5-3-2-4-6-9/h2-6,10,12-13H,7-8H2,1H3/p+1. The molecule has 0 spiro atoms. The van der Waals surface area contributed by atoms with Gasteiger partial charge in [0.1, 0.15) is 13.1 Å². The van der Waals surface area contributed by atoms with Crippen molar-refractivity contribution >= 4 is 0 Å². The molecule has 0 saturated carbocycles. The van der Waals surface area contributed by atoms with Crippen molar-refractivity contribution in [1.82, 2.24) is 0 Å². The van der Waals surface area contributed by atoms with Crippen LogP contribution in [-0.2, 0) is 6.54 Å². The molecule has 0 aromatic heterocycles. The number of rotatable bonds is 4.